The highest BCUT2D eigenvalue weighted by atomic mass is 16.5. The number of hydrogen-bond acceptors (Lipinski definition) is 4. The van der Waals surface area contributed by atoms with Gasteiger partial charge >= 0.3 is 5.97 Å². The summed E-state index contributed by atoms with van der Waals surface area (Å²) in [7, 11) is 2.20. The highest BCUT2D eigenvalue weighted by molar-refractivity contribution is 5.80. The van der Waals surface area contributed by atoms with Gasteiger partial charge in [-0.2, -0.15) is 0 Å². The Labute approximate surface area is 130 Å². The van der Waals surface area contributed by atoms with Crippen LogP contribution >= 0.6 is 0 Å². The summed E-state index contributed by atoms with van der Waals surface area (Å²) in [6.45, 7) is 10.4. The molecule has 0 aromatic carbocycles. The third-order valence-corrected chi connectivity index (χ3v) is 4.89. The summed E-state index contributed by atoms with van der Waals surface area (Å²) in [4.78, 5) is 14.6. The zero-order valence-corrected chi connectivity index (χ0v) is 14.6. The molecule has 4 nitrogen and oxygen atoms in total. The Morgan fingerprint density at radius 3 is 2.57 bits per heavy atom. The van der Waals surface area contributed by atoms with Crippen molar-refractivity contribution in [2.45, 2.75) is 71.4 Å². The van der Waals surface area contributed by atoms with Crippen LogP contribution in [0.3, 0.4) is 0 Å². The lowest BCUT2D eigenvalue weighted by atomic mass is 9.84. The maximum atomic E-state index is 12.2. The van der Waals surface area contributed by atoms with Crippen LogP contribution in [0, 0.1) is 5.92 Å². The number of likely N-dealkylation sites (N-methyl/N-ethyl adjacent to an activating group) is 1. The van der Waals surface area contributed by atoms with E-state index in [-0.39, 0.29) is 5.97 Å². The molecule has 1 saturated carbocycles. The highest BCUT2D eigenvalue weighted by Gasteiger charge is 2.35. The molecular formula is C17H34N2O2. The normalized spacial score (nSPS) is 25.6. The summed E-state index contributed by atoms with van der Waals surface area (Å²) < 4.78 is 5.24. The monoisotopic (exact) mass is 298 g/mol. The smallest absolute Gasteiger partial charge is 0.326 e. The Hall–Kier alpha value is -0.610. The van der Waals surface area contributed by atoms with Gasteiger partial charge in [-0.3, -0.25) is 4.79 Å². The van der Waals surface area contributed by atoms with Gasteiger partial charge in [0, 0.05) is 12.6 Å². The zero-order valence-electron chi connectivity index (χ0n) is 14.6. The van der Waals surface area contributed by atoms with Gasteiger partial charge in [0.1, 0.15) is 5.54 Å². The van der Waals surface area contributed by atoms with Crippen LogP contribution in [0.25, 0.3) is 0 Å². The maximum Gasteiger partial charge on any atom is 0.326 e. The first-order chi connectivity index (χ1) is 9.94. The number of carbonyl (C=O) groups is 1. The fourth-order valence-electron chi connectivity index (χ4n) is 3.46. The first-order valence-corrected chi connectivity index (χ1v) is 8.57. The van der Waals surface area contributed by atoms with Gasteiger partial charge in [-0.05, 0) is 52.6 Å². The van der Waals surface area contributed by atoms with Crippen molar-refractivity contribution in [1.29, 1.82) is 0 Å². The topological polar surface area (TPSA) is 41.6 Å². The fraction of sp³-hybridized carbons (Fsp3) is 0.941. The summed E-state index contributed by atoms with van der Waals surface area (Å²) in [5, 5.41) is 3.31. The van der Waals surface area contributed by atoms with Gasteiger partial charge in [-0.25, -0.2) is 0 Å². The van der Waals surface area contributed by atoms with E-state index in [0.717, 1.165) is 25.4 Å². The van der Waals surface area contributed by atoms with E-state index in [0.29, 0.717) is 12.6 Å². The first-order valence-electron chi connectivity index (χ1n) is 8.57. The van der Waals surface area contributed by atoms with E-state index in [1.54, 1.807) is 0 Å². The van der Waals surface area contributed by atoms with Crippen LogP contribution in [-0.4, -0.2) is 49.2 Å². The number of nitrogens with zero attached hydrogens (tertiary/aromatic N) is 1. The number of rotatable bonds is 8. The summed E-state index contributed by atoms with van der Waals surface area (Å²) >= 11 is 0. The Balaban J connectivity index is 2.57. The van der Waals surface area contributed by atoms with Gasteiger partial charge in [-0.15, -0.1) is 0 Å². The lowest BCUT2D eigenvalue weighted by Crippen LogP contribution is -2.53. The molecule has 4 heteroatoms. The minimum Gasteiger partial charge on any atom is -0.465 e. The summed E-state index contributed by atoms with van der Waals surface area (Å²) in [5.41, 5.74) is -0.572. The Morgan fingerprint density at radius 2 is 2.00 bits per heavy atom. The van der Waals surface area contributed by atoms with Crippen molar-refractivity contribution in [3.05, 3.63) is 0 Å². The van der Waals surface area contributed by atoms with Crippen LogP contribution in [-0.2, 0) is 9.53 Å². The fourth-order valence-corrected chi connectivity index (χ4v) is 3.46. The summed E-state index contributed by atoms with van der Waals surface area (Å²) in [5.74, 6) is 0.633. The lowest BCUT2D eigenvalue weighted by Gasteiger charge is -2.38. The molecule has 0 spiro atoms. The largest absolute Gasteiger partial charge is 0.465 e. The second kappa shape index (κ2) is 8.74. The molecule has 1 aliphatic rings. The number of hydrogen-bond donors (Lipinski definition) is 1. The standard InChI is InChI=1S/C17H34N2O2/c1-6-18-17(4,16(20)21-7-2)12-13-19(5)15-11-9-8-10-14(15)3/h14-15,18H,6-13H2,1-5H3. The molecule has 1 aliphatic carbocycles. The maximum absolute atomic E-state index is 12.2. The van der Waals surface area contributed by atoms with Crippen LogP contribution in [0.2, 0.25) is 0 Å². The molecule has 0 aliphatic heterocycles. The molecule has 3 unspecified atom stereocenters. The second-order valence-corrected chi connectivity index (χ2v) is 6.64. The molecule has 0 heterocycles. The second-order valence-electron chi connectivity index (χ2n) is 6.64. The van der Waals surface area contributed by atoms with Gasteiger partial charge in [0.05, 0.1) is 6.61 Å². The molecule has 1 N–H and O–H groups in total. The highest BCUT2D eigenvalue weighted by Crippen LogP contribution is 2.28. The van der Waals surface area contributed by atoms with Crippen molar-refractivity contribution in [2.24, 2.45) is 5.92 Å². The Bertz CT molecular complexity index is 322. The lowest BCUT2D eigenvalue weighted by molar-refractivity contribution is -0.151. The number of esters is 1. The average molecular weight is 298 g/mol. The van der Waals surface area contributed by atoms with Gasteiger partial charge in [0.25, 0.3) is 0 Å². The van der Waals surface area contributed by atoms with E-state index in [1.807, 2.05) is 20.8 Å². The first kappa shape index (κ1) is 18.4. The minimum absolute atomic E-state index is 0.128. The number of carbonyl (C=O) groups excluding carboxylic acids is 1. The van der Waals surface area contributed by atoms with Crippen molar-refractivity contribution >= 4 is 5.97 Å². The van der Waals surface area contributed by atoms with E-state index in [2.05, 4.69) is 24.2 Å². The van der Waals surface area contributed by atoms with Gasteiger partial charge in [0.15, 0.2) is 0 Å². The van der Waals surface area contributed by atoms with E-state index < -0.39 is 5.54 Å². The molecule has 21 heavy (non-hydrogen) atoms. The van der Waals surface area contributed by atoms with Crippen LogP contribution in [0.5, 0.6) is 0 Å². The van der Waals surface area contributed by atoms with E-state index in [1.165, 1.54) is 25.7 Å². The predicted octanol–water partition coefficient (Wildman–Crippen LogP) is 2.82. The molecular weight excluding hydrogens is 264 g/mol. The Kier molecular flexibility index (Phi) is 7.67. The van der Waals surface area contributed by atoms with E-state index in [4.69, 9.17) is 4.74 Å². The van der Waals surface area contributed by atoms with Crippen molar-refractivity contribution in [3.63, 3.8) is 0 Å². The van der Waals surface area contributed by atoms with Crippen LogP contribution < -0.4 is 5.32 Å². The summed E-state index contributed by atoms with van der Waals surface area (Å²) in [6, 6.07) is 0.659. The molecule has 124 valence electrons. The molecule has 1 rings (SSSR count). The minimum atomic E-state index is -0.572. The number of nitrogens with one attached hydrogen (secondary N) is 1. The third kappa shape index (κ3) is 5.26. The summed E-state index contributed by atoms with van der Waals surface area (Å²) in [6.07, 6.45) is 6.11. The van der Waals surface area contributed by atoms with Crippen molar-refractivity contribution in [3.8, 4) is 0 Å². The molecule has 0 saturated heterocycles. The van der Waals surface area contributed by atoms with E-state index >= 15 is 0 Å². The molecule has 0 aromatic rings. The molecule has 0 radical (unpaired) electrons. The molecule has 0 aromatic heterocycles. The van der Waals surface area contributed by atoms with Crippen molar-refractivity contribution in [2.75, 3.05) is 26.7 Å². The van der Waals surface area contributed by atoms with Gasteiger partial charge in [-0.1, -0.05) is 26.7 Å². The van der Waals surface area contributed by atoms with Crippen molar-refractivity contribution < 1.29 is 9.53 Å². The van der Waals surface area contributed by atoms with Crippen LogP contribution in [0.15, 0.2) is 0 Å². The average Bonchev–Trinajstić information content (AvgIpc) is 2.46. The SMILES string of the molecule is CCNC(C)(CCN(C)C1CCCCC1C)C(=O)OCC. The quantitative estimate of drug-likeness (QED) is 0.700. The molecule has 3 atom stereocenters. The van der Waals surface area contributed by atoms with E-state index in [9.17, 15) is 4.79 Å². The van der Waals surface area contributed by atoms with Crippen LogP contribution in [0.1, 0.15) is 59.8 Å². The third-order valence-electron chi connectivity index (χ3n) is 4.89. The van der Waals surface area contributed by atoms with Crippen LogP contribution in [0.4, 0.5) is 0 Å². The van der Waals surface area contributed by atoms with Gasteiger partial charge < -0.3 is 15.0 Å². The predicted molar refractivity (Wildman–Crippen MR) is 87.4 cm³/mol. The zero-order chi connectivity index (χ0) is 15.9. The molecule has 0 bridgehead atoms. The molecule has 0 amide bonds. The van der Waals surface area contributed by atoms with Crippen molar-refractivity contribution in [1.82, 2.24) is 10.2 Å². The Morgan fingerprint density at radius 1 is 1.33 bits per heavy atom. The molecule has 1 fully saturated rings. The van der Waals surface area contributed by atoms with Gasteiger partial charge in [0.2, 0.25) is 0 Å². The number of ether oxygens (including phenoxy) is 1.